The Morgan fingerprint density at radius 2 is 1.45 bits per heavy atom. The van der Waals surface area contributed by atoms with Crippen LogP contribution >= 0.6 is 11.8 Å². The van der Waals surface area contributed by atoms with Gasteiger partial charge in [0.25, 0.3) is 0 Å². The van der Waals surface area contributed by atoms with Gasteiger partial charge in [-0.15, -0.1) is 0 Å². The molecule has 0 radical (unpaired) electrons. The topological polar surface area (TPSA) is 64.7 Å². The molecule has 2 aromatic carbocycles. The molecular weight excluding hydrogens is 432 g/mol. The van der Waals surface area contributed by atoms with E-state index in [-0.39, 0.29) is 17.4 Å². The second-order valence-electron chi connectivity index (χ2n) is 9.79. The van der Waals surface area contributed by atoms with E-state index in [4.69, 9.17) is 0 Å². The first-order chi connectivity index (χ1) is 15.6. The van der Waals surface area contributed by atoms with Gasteiger partial charge in [0.2, 0.25) is 11.8 Å². The molecule has 33 heavy (non-hydrogen) atoms. The van der Waals surface area contributed by atoms with Crippen molar-refractivity contribution in [2.24, 2.45) is 0 Å². The summed E-state index contributed by atoms with van der Waals surface area (Å²) in [7, 11) is 0. The average Bonchev–Trinajstić information content (AvgIpc) is 2.72. The first-order valence-electron chi connectivity index (χ1n) is 11.5. The number of amides is 2. The maximum absolute atomic E-state index is 12.5. The molecule has 2 amide bonds. The lowest BCUT2D eigenvalue weighted by Crippen LogP contribution is -2.52. The Labute approximate surface area is 202 Å². The molecular formula is C26H36N4O2S. The summed E-state index contributed by atoms with van der Waals surface area (Å²) in [5, 5.41) is 6.00. The molecule has 2 N–H and O–H groups in total. The Morgan fingerprint density at radius 1 is 0.879 bits per heavy atom. The van der Waals surface area contributed by atoms with Gasteiger partial charge < -0.3 is 10.6 Å². The maximum atomic E-state index is 12.5. The first-order valence-corrected chi connectivity index (χ1v) is 12.3. The molecule has 0 aliphatic carbocycles. The zero-order valence-electron chi connectivity index (χ0n) is 20.4. The Morgan fingerprint density at radius 3 is 2.03 bits per heavy atom. The summed E-state index contributed by atoms with van der Waals surface area (Å²) in [5.74, 6) is 0.0386. The van der Waals surface area contributed by atoms with E-state index in [1.54, 1.807) is 11.8 Å². The largest absolute Gasteiger partial charge is 0.350 e. The number of rotatable bonds is 7. The number of anilines is 1. The highest BCUT2D eigenvalue weighted by molar-refractivity contribution is 7.99. The van der Waals surface area contributed by atoms with Crippen LogP contribution in [0.2, 0.25) is 0 Å². The Kier molecular flexibility index (Phi) is 8.57. The number of piperazine rings is 1. The molecule has 7 heteroatoms. The highest BCUT2D eigenvalue weighted by Crippen LogP contribution is 2.31. The second kappa shape index (κ2) is 11.2. The van der Waals surface area contributed by atoms with E-state index in [1.165, 1.54) is 16.0 Å². The fraction of sp³-hybridized carbons (Fsp3) is 0.462. The van der Waals surface area contributed by atoms with E-state index >= 15 is 0 Å². The fourth-order valence-electron chi connectivity index (χ4n) is 3.72. The third-order valence-electron chi connectivity index (χ3n) is 5.42. The molecule has 0 bridgehead atoms. The van der Waals surface area contributed by atoms with Gasteiger partial charge in [-0.2, -0.15) is 0 Å². The maximum Gasteiger partial charge on any atom is 0.238 e. The molecule has 0 saturated carbocycles. The SMILES string of the molecule is Cc1ccc(C)c(Sc2ccc(NC(=O)CN3CCN(CC(=O)NC(C)(C)C)CC3)cc2)c1. The van der Waals surface area contributed by atoms with E-state index < -0.39 is 0 Å². The third-order valence-corrected chi connectivity index (χ3v) is 6.59. The van der Waals surface area contributed by atoms with Gasteiger partial charge in [0.05, 0.1) is 13.1 Å². The number of carbonyl (C=O) groups excluding carboxylic acids is 2. The molecule has 3 rings (SSSR count). The summed E-state index contributed by atoms with van der Waals surface area (Å²) in [6, 6.07) is 14.5. The van der Waals surface area contributed by atoms with E-state index in [0.29, 0.717) is 13.1 Å². The highest BCUT2D eigenvalue weighted by Gasteiger charge is 2.22. The van der Waals surface area contributed by atoms with Crippen LogP contribution in [0, 0.1) is 13.8 Å². The second-order valence-corrected chi connectivity index (χ2v) is 10.9. The van der Waals surface area contributed by atoms with Crippen LogP contribution in [0.3, 0.4) is 0 Å². The average molecular weight is 469 g/mol. The quantitative estimate of drug-likeness (QED) is 0.645. The van der Waals surface area contributed by atoms with Gasteiger partial charge in [-0.25, -0.2) is 0 Å². The number of hydrogen-bond acceptors (Lipinski definition) is 5. The molecule has 1 aliphatic heterocycles. The number of hydrogen-bond donors (Lipinski definition) is 2. The van der Waals surface area contributed by atoms with Crippen molar-refractivity contribution in [3.63, 3.8) is 0 Å². The van der Waals surface area contributed by atoms with Crippen molar-refractivity contribution in [3.8, 4) is 0 Å². The van der Waals surface area contributed by atoms with Crippen LogP contribution in [0.5, 0.6) is 0 Å². The standard InChI is InChI=1S/C26H36N4O2S/c1-19-6-7-20(2)23(16-19)33-22-10-8-21(9-11-22)27-24(31)17-29-12-14-30(15-13-29)18-25(32)28-26(3,4)5/h6-11,16H,12-15,17-18H2,1-5H3,(H,27,31)(H,28,32). The van der Waals surface area contributed by atoms with Crippen LogP contribution in [-0.2, 0) is 9.59 Å². The van der Waals surface area contributed by atoms with E-state index in [0.717, 1.165) is 36.8 Å². The Hall–Kier alpha value is -2.35. The lowest BCUT2D eigenvalue weighted by Gasteiger charge is -2.34. The Bertz CT molecular complexity index is 961. The summed E-state index contributed by atoms with van der Waals surface area (Å²) in [6.07, 6.45) is 0. The first kappa shape index (κ1) is 25.3. The molecule has 0 unspecified atom stereocenters. The van der Waals surface area contributed by atoms with Crippen molar-refractivity contribution in [1.82, 2.24) is 15.1 Å². The zero-order chi connectivity index (χ0) is 24.0. The number of carbonyl (C=O) groups is 2. The molecule has 1 aliphatic rings. The molecule has 2 aromatic rings. The minimum absolute atomic E-state index is 0.0103. The third kappa shape index (κ3) is 8.50. The molecule has 0 spiro atoms. The molecule has 0 aromatic heterocycles. The summed E-state index contributed by atoms with van der Waals surface area (Å²) in [5.41, 5.74) is 3.11. The number of nitrogens with zero attached hydrogens (tertiary/aromatic N) is 2. The van der Waals surface area contributed by atoms with Gasteiger partial charge in [-0.3, -0.25) is 19.4 Å². The normalized spacial score (nSPS) is 15.3. The van der Waals surface area contributed by atoms with Gasteiger partial charge in [0, 0.05) is 47.2 Å². The van der Waals surface area contributed by atoms with Crippen molar-refractivity contribution in [2.75, 3.05) is 44.6 Å². The van der Waals surface area contributed by atoms with Crippen molar-refractivity contribution >= 4 is 29.3 Å². The summed E-state index contributed by atoms with van der Waals surface area (Å²) in [4.78, 5) is 31.3. The smallest absolute Gasteiger partial charge is 0.238 e. The van der Waals surface area contributed by atoms with Crippen molar-refractivity contribution < 1.29 is 9.59 Å². The van der Waals surface area contributed by atoms with Crippen molar-refractivity contribution in [3.05, 3.63) is 53.6 Å². The molecule has 178 valence electrons. The van der Waals surface area contributed by atoms with Crippen molar-refractivity contribution in [1.29, 1.82) is 0 Å². The van der Waals surface area contributed by atoms with Crippen LogP contribution in [0.15, 0.2) is 52.3 Å². The predicted molar refractivity (Wildman–Crippen MR) is 136 cm³/mol. The highest BCUT2D eigenvalue weighted by atomic mass is 32.2. The number of benzene rings is 2. The van der Waals surface area contributed by atoms with Crippen LogP contribution in [0.25, 0.3) is 0 Å². The van der Waals surface area contributed by atoms with Gasteiger partial charge >= 0.3 is 0 Å². The van der Waals surface area contributed by atoms with Gasteiger partial charge in [0.1, 0.15) is 0 Å². The Balaban J connectivity index is 1.42. The lowest BCUT2D eigenvalue weighted by atomic mass is 10.1. The molecule has 6 nitrogen and oxygen atoms in total. The molecule has 1 fully saturated rings. The summed E-state index contributed by atoms with van der Waals surface area (Å²) >= 11 is 1.74. The van der Waals surface area contributed by atoms with Gasteiger partial charge in [-0.05, 0) is 76.1 Å². The monoisotopic (exact) mass is 468 g/mol. The zero-order valence-corrected chi connectivity index (χ0v) is 21.2. The van der Waals surface area contributed by atoms with Crippen LogP contribution in [0.1, 0.15) is 31.9 Å². The molecule has 1 heterocycles. The summed E-state index contributed by atoms with van der Waals surface area (Å²) in [6.45, 7) is 14.1. The van der Waals surface area contributed by atoms with Crippen LogP contribution < -0.4 is 10.6 Å². The van der Waals surface area contributed by atoms with Crippen LogP contribution in [-0.4, -0.2) is 66.4 Å². The predicted octanol–water partition coefficient (Wildman–Crippen LogP) is 3.93. The molecule has 0 atom stereocenters. The number of aryl methyl sites for hydroxylation is 2. The lowest BCUT2D eigenvalue weighted by molar-refractivity contribution is -0.124. The fourth-order valence-corrected chi connectivity index (χ4v) is 4.72. The van der Waals surface area contributed by atoms with Gasteiger partial charge in [-0.1, -0.05) is 23.9 Å². The van der Waals surface area contributed by atoms with Crippen molar-refractivity contribution in [2.45, 2.75) is 49.9 Å². The number of nitrogens with one attached hydrogen (secondary N) is 2. The molecule has 1 saturated heterocycles. The van der Waals surface area contributed by atoms with E-state index in [1.807, 2.05) is 45.0 Å². The summed E-state index contributed by atoms with van der Waals surface area (Å²) < 4.78 is 0. The minimum atomic E-state index is -0.215. The van der Waals surface area contributed by atoms with E-state index in [9.17, 15) is 9.59 Å². The van der Waals surface area contributed by atoms with E-state index in [2.05, 4.69) is 52.5 Å². The van der Waals surface area contributed by atoms with Gasteiger partial charge in [0.15, 0.2) is 0 Å². The van der Waals surface area contributed by atoms with Crippen LogP contribution in [0.4, 0.5) is 5.69 Å². The minimum Gasteiger partial charge on any atom is -0.350 e.